The van der Waals surface area contributed by atoms with Gasteiger partial charge in [0.1, 0.15) is 11.7 Å². The molecule has 1 saturated heterocycles. The van der Waals surface area contributed by atoms with E-state index in [9.17, 15) is 20.0 Å². The lowest BCUT2D eigenvalue weighted by Crippen LogP contribution is -2.61. The minimum Gasteiger partial charge on any atom is -0.444 e. The van der Waals surface area contributed by atoms with Crippen molar-refractivity contribution in [3.8, 4) is 0 Å². The number of carbonyl (C=O) groups is 1. The summed E-state index contributed by atoms with van der Waals surface area (Å²) >= 11 is 0. The van der Waals surface area contributed by atoms with Crippen LogP contribution in [0.3, 0.4) is 0 Å². The van der Waals surface area contributed by atoms with E-state index in [1.807, 2.05) is 18.2 Å². The molecule has 3 rings (SSSR count). The minimum absolute atomic E-state index is 0.0505. The number of nitro groups is 1. The Morgan fingerprint density at radius 2 is 1.88 bits per heavy atom. The molecule has 1 heterocycles. The molecule has 1 aromatic rings. The highest BCUT2D eigenvalue weighted by atomic mass is 16.6. The first-order chi connectivity index (χ1) is 16.1. The van der Waals surface area contributed by atoms with Gasteiger partial charge in [0.05, 0.1) is 25.3 Å². The fourth-order valence-electron chi connectivity index (χ4n) is 5.05. The number of ether oxygens (including phenoxy) is 2. The number of benzene rings is 1. The monoisotopic (exact) mass is 476 g/mol. The molecule has 0 bridgehead atoms. The van der Waals surface area contributed by atoms with E-state index in [2.05, 4.69) is 0 Å². The average molecular weight is 477 g/mol. The molecule has 1 aliphatic carbocycles. The number of aliphatic hydroxyl groups is 1. The van der Waals surface area contributed by atoms with E-state index in [4.69, 9.17) is 9.47 Å². The summed E-state index contributed by atoms with van der Waals surface area (Å²) in [5.41, 5.74) is 0.0452. The predicted molar refractivity (Wildman–Crippen MR) is 129 cm³/mol. The Labute approximate surface area is 202 Å². The Hall–Kier alpha value is -2.19. The van der Waals surface area contributed by atoms with Crippen LogP contribution >= 0.6 is 0 Å². The first-order valence-corrected chi connectivity index (χ1v) is 12.6. The molecule has 1 amide bonds. The largest absolute Gasteiger partial charge is 0.444 e. The van der Waals surface area contributed by atoms with Gasteiger partial charge in [0.25, 0.3) is 0 Å². The van der Waals surface area contributed by atoms with Gasteiger partial charge in [0, 0.05) is 11.3 Å². The molecule has 34 heavy (non-hydrogen) atoms. The zero-order chi connectivity index (χ0) is 24.7. The first kappa shape index (κ1) is 26.4. The molecule has 2 unspecified atom stereocenters. The third kappa shape index (κ3) is 7.67. The standard InChI is InChI=1S/C26H40N2O6/c1-26(2,3)34-25(30)27-17-21(15-14-19-10-6-4-7-11-19)33-18-23(27)24(29)22(28(31)32)16-20-12-8-5-9-13-20/h5,8-9,12-13,19,21-24,29H,4,6-7,10-11,14-18H2,1-3H3/t21?,22-,23?,24+/m1/s1. The number of hydrogen-bond acceptors (Lipinski definition) is 6. The van der Waals surface area contributed by atoms with E-state index in [1.54, 1.807) is 32.9 Å². The molecule has 1 N–H and O–H groups in total. The van der Waals surface area contributed by atoms with Gasteiger partial charge in [-0.2, -0.15) is 0 Å². The van der Waals surface area contributed by atoms with E-state index in [0.29, 0.717) is 5.92 Å². The SMILES string of the molecule is CC(C)(C)OC(=O)N1CC(CCC2CCCCC2)OCC1[C@@H](O)[C@@H](Cc1ccccc1)[N+](=O)[O-]. The quantitative estimate of drug-likeness (QED) is 0.435. The van der Waals surface area contributed by atoms with Gasteiger partial charge in [-0.1, -0.05) is 62.4 Å². The van der Waals surface area contributed by atoms with Crippen LogP contribution in [0.15, 0.2) is 30.3 Å². The van der Waals surface area contributed by atoms with Crippen LogP contribution in [0.5, 0.6) is 0 Å². The number of rotatable bonds is 8. The second-order valence-electron chi connectivity index (χ2n) is 10.8. The van der Waals surface area contributed by atoms with Crippen LogP contribution in [0.1, 0.15) is 71.3 Å². The van der Waals surface area contributed by atoms with Crippen LogP contribution in [0.2, 0.25) is 0 Å². The van der Waals surface area contributed by atoms with Crippen LogP contribution in [0.25, 0.3) is 0 Å². The third-order valence-corrected chi connectivity index (χ3v) is 6.90. The maximum absolute atomic E-state index is 13.1. The number of hydrogen-bond donors (Lipinski definition) is 1. The van der Waals surface area contributed by atoms with Crippen molar-refractivity contribution in [3.05, 3.63) is 46.0 Å². The minimum atomic E-state index is -1.39. The van der Waals surface area contributed by atoms with Crippen molar-refractivity contribution in [1.82, 2.24) is 4.90 Å². The molecule has 2 fully saturated rings. The second kappa shape index (κ2) is 12.0. The van der Waals surface area contributed by atoms with Gasteiger partial charge in [-0.3, -0.25) is 15.0 Å². The Kier molecular flexibility index (Phi) is 9.31. The molecule has 1 aromatic carbocycles. The number of morpholine rings is 1. The van der Waals surface area contributed by atoms with Crippen LogP contribution < -0.4 is 0 Å². The smallest absolute Gasteiger partial charge is 0.410 e. The summed E-state index contributed by atoms with van der Waals surface area (Å²) in [6, 6.07) is 6.95. The molecular weight excluding hydrogens is 436 g/mol. The zero-order valence-corrected chi connectivity index (χ0v) is 20.7. The molecule has 2 aliphatic rings. The highest BCUT2D eigenvalue weighted by molar-refractivity contribution is 5.69. The first-order valence-electron chi connectivity index (χ1n) is 12.6. The van der Waals surface area contributed by atoms with Gasteiger partial charge in [-0.15, -0.1) is 0 Å². The summed E-state index contributed by atoms with van der Waals surface area (Å²) in [5.74, 6) is 0.695. The highest BCUT2D eigenvalue weighted by Crippen LogP contribution is 2.30. The normalized spacial score (nSPS) is 23.8. The Morgan fingerprint density at radius 3 is 2.50 bits per heavy atom. The van der Waals surface area contributed by atoms with Crippen molar-refractivity contribution in [2.45, 2.75) is 102 Å². The van der Waals surface area contributed by atoms with Gasteiger partial charge >= 0.3 is 6.09 Å². The van der Waals surface area contributed by atoms with Crippen molar-refractivity contribution in [2.24, 2.45) is 5.92 Å². The molecule has 0 spiro atoms. The Morgan fingerprint density at radius 1 is 1.21 bits per heavy atom. The van der Waals surface area contributed by atoms with E-state index in [-0.39, 0.29) is 25.7 Å². The molecule has 0 radical (unpaired) electrons. The van der Waals surface area contributed by atoms with Crippen molar-refractivity contribution >= 4 is 6.09 Å². The van der Waals surface area contributed by atoms with Crippen LogP contribution in [-0.2, 0) is 15.9 Å². The van der Waals surface area contributed by atoms with Crippen LogP contribution in [0, 0.1) is 16.0 Å². The summed E-state index contributed by atoms with van der Waals surface area (Å²) in [4.78, 5) is 26.0. The van der Waals surface area contributed by atoms with Gasteiger partial charge in [-0.05, 0) is 45.1 Å². The van der Waals surface area contributed by atoms with Crippen LogP contribution in [-0.4, -0.2) is 64.1 Å². The lowest BCUT2D eigenvalue weighted by atomic mass is 9.85. The highest BCUT2D eigenvalue weighted by Gasteiger charge is 2.45. The topological polar surface area (TPSA) is 102 Å². The fraction of sp³-hybridized carbons (Fsp3) is 0.731. The van der Waals surface area contributed by atoms with Gasteiger partial charge in [0.2, 0.25) is 6.04 Å². The molecule has 1 aliphatic heterocycles. The predicted octanol–water partition coefficient (Wildman–Crippen LogP) is 4.60. The molecule has 0 aromatic heterocycles. The number of aliphatic hydroxyl groups excluding tert-OH is 1. The molecule has 190 valence electrons. The van der Waals surface area contributed by atoms with E-state index in [0.717, 1.165) is 18.4 Å². The molecule has 1 saturated carbocycles. The lowest BCUT2D eigenvalue weighted by Gasteiger charge is -2.42. The number of nitrogens with zero attached hydrogens (tertiary/aromatic N) is 2. The molecule has 4 atom stereocenters. The fourth-order valence-corrected chi connectivity index (χ4v) is 5.05. The number of carbonyl (C=O) groups excluding carboxylic acids is 1. The van der Waals surface area contributed by atoms with E-state index >= 15 is 0 Å². The molecule has 8 nitrogen and oxygen atoms in total. The second-order valence-corrected chi connectivity index (χ2v) is 10.8. The molecular formula is C26H40N2O6. The lowest BCUT2D eigenvalue weighted by molar-refractivity contribution is -0.536. The average Bonchev–Trinajstić information content (AvgIpc) is 2.80. The summed E-state index contributed by atoms with van der Waals surface area (Å²) < 4.78 is 11.7. The van der Waals surface area contributed by atoms with E-state index < -0.39 is 34.8 Å². The van der Waals surface area contributed by atoms with Crippen molar-refractivity contribution in [1.29, 1.82) is 0 Å². The van der Waals surface area contributed by atoms with Crippen molar-refractivity contribution in [3.63, 3.8) is 0 Å². The van der Waals surface area contributed by atoms with Gasteiger partial charge < -0.3 is 14.6 Å². The Bertz CT molecular complexity index is 790. The van der Waals surface area contributed by atoms with Gasteiger partial charge in [0.15, 0.2) is 0 Å². The summed E-state index contributed by atoms with van der Waals surface area (Å²) in [6.45, 7) is 5.67. The van der Waals surface area contributed by atoms with Crippen molar-refractivity contribution < 1.29 is 24.3 Å². The third-order valence-electron chi connectivity index (χ3n) is 6.90. The maximum Gasteiger partial charge on any atom is 0.410 e. The van der Waals surface area contributed by atoms with Gasteiger partial charge in [-0.25, -0.2) is 4.79 Å². The van der Waals surface area contributed by atoms with Crippen molar-refractivity contribution in [2.75, 3.05) is 13.2 Å². The zero-order valence-electron chi connectivity index (χ0n) is 20.7. The summed E-state index contributed by atoms with van der Waals surface area (Å²) in [6.07, 6.45) is 6.17. The maximum atomic E-state index is 13.1. The Balaban J connectivity index is 1.72. The summed E-state index contributed by atoms with van der Waals surface area (Å²) in [5, 5.41) is 23.0. The van der Waals surface area contributed by atoms with Crippen LogP contribution in [0.4, 0.5) is 4.79 Å². The number of amides is 1. The van der Waals surface area contributed by atoms with E-state index in [1.165, 1.54) is 37.0 Å². The molecule has 8 heteroatoms. The summed E-state index contributed by atoms with van der Waals surface area (Å²) in [7, 11) is 0.